The molecule has 0 aliphatic carbocycles. The molecular weight excluding hydrogens is 222 g/mol. The standard InChI is InChI=1S/C13H12F2N2/c1-8-2-3-10(7-17-8)13(16)9-4-5-11(14)12(15)6-9/h2-7,13H,16H2,1H3. The number of aryl methyl sites for hydroxylation is 1. The van der Waals surface area contributed by atoms with Gasteiger partial charge in [-0.2, -0.15) is 0 Å². The maximum atomic E-state index is 13.1. The van der Waals surface area contributed by atoms with Gasteiger partial charge in [-0.05, 0) is 36.2 Å². The summed E-state index contributed by atoms with van der Waals surface area (Å²) in [5.41, 5.74) is 8.13. The first-order valence-corrected chi connectivity index (χ1v) is 5.21. The lowest BCUT2D eigenvalue weighted by Crippen LogP contribution is -2.12. The Morgan fingerprint density at radius 1 is 1.06 bits per heavy atom. The summed E-state index contributed by atoms with van der Waals surface area (Å²) in [6.07, 6.45) is 1.64. The molecule has 0 amide bonds. The number of pyridine rings is 1. The van der Waals surface area contributed by atoms with Crippen molar-refractivity contribution < 1.29 is 8.78 Å². The third-order valence-electron chi connectivity index (χ3n) is 2.60. The average Bonchev–Trinajstić information content (AvgIpc) is 2.33. The molecule has 1 aromatic heterocycles. The van der Waals surface area contributed by atoms with E-state index in [1.807, 2.05) is 19.1 Å². The molecule has 0 fully saturated rings. The van der Waals surface area contributed by atoms with E-state index in [0.717, 1.165) is 23.4 Å². The second kappa shape index (κ2) is 4.59. The van der Waals surface area contributed by atoms with E-state index in [4.69, 9.17) is 5.73 Å². The minimum absolute atomic E-state index is 0.502. The van der Waals surface area contributed by atoms with Crippen LogP contribution in [0.4, 0.5) is 8.78 Å². The lowest BCUT2D eigenvalue weighted by Gasteiger charge is -2.12. The van der Waals surface area contributed by atoms with Crippen molar-refractivity contribution in [1.82, 2.24) is 4.98 Å². The molecule has 4 heteroatoms. The molecule has 0 bridgehead atoms. The fourth-order valence-electron chi connectivity index (χ4n) is 1.56. The highest BCUT2D eigenvalue weighted by atomic mass is 19.2. The Hall–Kier alpha value is -1.81. The second-order valence-corrected chi connectivity index (χ2v) is 3.88. The molecule has 17 heavy (non-hydrogen) atoms. The Bertz CT molecular complexity index is 523. The van der Waals surface area contributed by atoms with Crippen molar-refractivity contribution in [2.75, 3.05) is 0 Å². The molecule has 0 saturated carbocycles. The first kappa shape index (κ1) is 11.7. The number of benzene rings is 1. The summed E-state index contributed by atoms with van der Waals surface area (Å²) in [6, 6.07) is 6.82. The van der Waals surface area contributed by atoms with Crippen LogP contribution in [-0.4, -0.2) is 4.98 Å². The largest absolute Gasteiger partial charge is 0.320 e. The Morgan fingerprint density at radius 3 is 2.35 bits per heavy atom. The van der Waals surface area contributed by atoms with Crippen LogP contribution in [0.25, 0.3) is 0 Å². The number of nitrogens with zero attached hydrogens (tertiary/aromatic N) is 1. The summed E-state index contributed by atoms with van der Waals surface area (Å²) >= 11 is 0. The zero-order valence-electron chi connectivity index (χ0n) is 9.32. The molecule has 0 spiro atoms. The molecular formula is C13H12F2N2. The highest BCUT2D eigenvalue weighted by molar-refractivity contribution is 5.30. The third kappa shape index (κ3) is 2.47. The van der Waals surface area contributed by atoms with Crippen LogP contribution in [0.3, 0.4) is 0 Å². The Labute approximate surface area is 98.1 Å². The van der Waals surface area contributed by atoms with Gasteiger partial charge >= 0.3 is 0 Å². The molecule has 0 aliphatic rings. The molecule has 1 atom stereocenters. The highest BCUT2D eigenvalue weighted by Gasteiger charge is 2.11. The average molecular weight is 234 g/mol. The molecule has 2 rings (SSSR count). The first-order valence-electron chi connectivity index (χ1n) is 5.21. The first-order chi connectivity index (χ1) is 8.08. The SMILES string of the molecule is Cc1ccc(C(N)c2ccc(F)c(F)c2)cn1. The van der Waals surface area contributed by atoms with E-state index >= 15 is 0 Å². The van der Waals surface area contributed by atoms with Crippen molar-refractivity contribution in [2.45, 2.75) is 13.0 Å². The number of hydrogen-bond acceptors (Lipinski definition) is 2. The van der Waals surface area contributed by atoms with Gasteiger partial charge < -0.3 is 5.73 Å². The van der Waals surface area contributed by atoms with Crippen LogP contribution in [0, 0.1) is 18.6 Å². The number of halogens is 2. The Kier molecular flexibility index (Phi) is 3.15. The molecule has 2 N–H and O–H groups in total. The zero-order valence-corrected chi connectivity index (χ0v) is 9.32. The van der Waals surface area contributed by atoms with Gasteiger partial charge in [0.15, 0.2) is 11.6 Å². The van der Waals surface area contributed by atoms with E-state index in [2.05, 4.69) is 4.98 Å². The molecule has 2 nitrogen and oxygen atoms in total. The molecule has 1 unspecified atom stereocenters. The van der Waals surface area contributed by atoms with Crippen molar-refractivity contribution in [2.24, 2.45) is 5.73 Å². The minimum Gasteiger partial charge on any atom is -0.320 e. The molecule has 88 valence electrons. The van der Waals surface area contributed by atoms with E-state index in [1.54, 1.807) is 6.20 Å². The summed E-state index contributed by atoms with van der Waals surface area (Å²) < 4.78 is 25.9. The van der Waals surface area contributed by atoms with Crippen LogP contribution in [0.5, 0.6) is 0 Å². The predicted molar refractivity (Wildman–Crippen MR) is 61.4 cm³/mol. The quantitative estimate of drug-likeness (QED) is 0.867. The maximum Gasteiger partial charge on any atom is 0.159 e. The lowest BCUT2D eigenvalue weighted by molar-refractivity contribution is 0.506. The summed E-state index contributed by atoms with van der Waals surface area (Å²) in [6.45, 7) is 1.87. The van der Waals surface area contributed by atoms with Crippen molar-refractivity contribution >= 4 is 0 Å². The number of rotatable bonds is 2. The Balaban J connectivity index is 2.33. The van der Waals surface area contributed by atoms with Crippen molar-refractivity contribution in [3.05, 3.63) is 65.0 Å². The normalized spacial score (nSPS) is 12.5. The van der Waals surface area contributed by atoms with E-state index in [0.29, 0.717) is 5.56 Å². The van der Waals surface area contributed by atoms with Gasteiger partial charge in [-0.1, -0.05) is 12.1 Å². The van der Waals surface area contributed by atoms with E-state index in [9.17, 15) is 8.78 Å². The van der Waals surface area contributed by atoms with E-state index < -0.39 is 17.7 Å². The lowest BCUT2D eigenvalue weighted by atomic mass is 10.0. The summed E-state index contributed by atoms with van der Waals surface area (Å²) in [7, 11) is 0. The van der Waals surface area contributed by atoms with Gasteiger partial charge in [-0.15, -0.1) is 0 Å². The monoisotopic (exact) mass is 234 g/mol. The smallest absolute Gasteiger partial charge is 0.159 e. The molecule has 0 radical (unpaired) electrons. The molecule has 0 aliphatic heterocycles. The minimum atomic E-state index is -0.891. The molecule has 0 saturated heterocycles. The summed E-state index contributed by atoms with van der Waals surface area (Å²) in [4.78, 5) is 4.12. The van der Waals surface area contributed by atoms with Crippen LogP contribution in [-0.2, 0) is 0 Å². The van der Waals surface area contributed by atoms with Gasteiger partial charge in [-0.25, -0.2) is 8.78 Å². The number of aromatic nitrogens is 1. The maximum absolute atomic E-state index is 13.1. The summed E-state index contributed by atoms with van der Waals surface area (Å²) in [5.74, 6) is -1.76. The van der Waals surface area contributed by atoms with Gasteiger partial charge in [-0.3, -0.25) is 4.98 Å². The number of hydrogen-bond donors (Lipinski definition) is 1. The van der Waals surface area contributed by atoms with Crippen LogP contribution in [0.1, 0.15) is 22.9 Å². The topological polar surface area (TPSA) is 38.9 Å². The van der Waals surface area contributed by atoms with Crippen molar-refractivity contribution in [1.29, 1.82) is 0 Å². The predicted octanol–water partition coefficient (Wildman–Crippen LogP) is 2.72. The van der Waals surface area contributed by atoms with Gasteiger partial charge in [0.05, 0.1) is 6.04 Å². The second-order valence-electron chi connectivity index (χ2n) is 3.88. The number of nitrogens with two attached hydrogens (primary N) is 1. The fraction of sp³-hybridized carbons (Fsp3) is 0.154. The zero-order chi connectivity index (χ0) is 12.4. The third-order valence-corrected chi connectivity index (χ3v) is 2.60. The van der Waals surface area contributed by atoms with Crippen molar-refractivity contribution in [3.8, 4) is 0 Å². The van der Waals surface area contributed by atoms with Crippen LogP contribution in [0.2, 0.25) is 0 Å². The van der Waals surface area contributed by atoms with E-state index in [1.165, 1.54) is 6.07 Å². The van der Waals surface area contributed by atoms with Crippen LogP contribution < -0.4 is 5.73 Å². The van der Waals surface area contributed by atoms with Gasteiger partial charge in [0, 0.05) is 11.9 Å². The highest BCUT2D eigenvalue weighted by Crippen LogP contribution is 2.20. The molecule has 1 heterocycles. The van der Waals surface area contributed by atoms with E-state index in [-0.39, 0.29) is 0 Å². The molecule has 1 aromatic carbocycles. The van der Waals surface area contributed by atoms with Gasteiger partial charge in [0.1, 0.15) is 0 Å². The summed E-state index contributed by atoms with van der Waals surface area (Å²) in [5, 5.41) is 0. The Morgan fingerprint density at radius 2 is 1.76 bits per heavy atom. The molecule has 2 aromatic rings. The van der Waals surface area contributed by atoms with Crippen molar-refractivity contribution in [3.63, 3.8) is 0 Å². The van der Waals surface area contributed by atoms with Crippen LogP contribution >= 0.6 is 0 Å². The van der Waals surface area contributed by atoms with Gasteiger partial charge in [0.2, 0.25) is 0 Å². The van der Waals surface area contributed by atoms with Crippen LogP contribution in [0.15, 0.2) is 36.5 Å². The van der Waals surface area contributed by atoms with Gasteiger partial charge in [0.25, 0.3) is 0 Å². The fourth-order valence-corrected chi connectivity index (χ4v) is 1.56.